The largest absolute Gasteiger partial charge is 0.386 e. The summed E-state index contributed by atoms with van der Waals surface area (Å²) in [6, 6.07) is 8.24. The Morgan fingerprint density at radius 3 is 2.25 bits per heavy atom. The zero-order valence-electron chi connectivity index (χ0n) is 12.8. The fourth-order valence-electron chi connectivity index (χ4n) is 2.90. The van der Waals surface area contributed by atoms with Crippen LogP contribution in [0.25, 0.3) is 0 Å². The molecule has 0 amide bonds. The molecule has 0 bridgehead atoms. The lowest BCUT2D eigenvalue weighted by molar-refractivity contribution is 0.0146. The van der Waals surface area contributed by atoms with Gasteiger partial charge in [-0.1, -0.05) is 57.4 Å². The molecule has 1 saturated carbocycles. The molecule has 1 aliphatic rings. The molecule has 1 aromatic rings. The van der Waals surface area contributed by atoms with Crippen LogP contribution in [0.15, 0.2) is 24.3 Å². The first-order valence-electron chi connectivity index (χ1n) is 8.02. The van der Waals surface area contributed by atoms with Crippen molar-refractivity contribution in [3.63, 3.8) is 0 Å². The van der Waals surface area contributed by atoms with Crippen LogP contribution in [0.2, 0.25) is 0 Å². The maximum absolute atomic E-state index is 10.2. The second-order valence-electron chi connectivity index (χ2n) is 6.38. The Labute approximate surface area is 123 Å². The molecule has 1 aliphatic carbocycles. The molecule has 2 rings (SSSR count). The zero-order chi connectivity index (χ0) is 14.4. The van der Waals surface area contributed by atoms with Gasteiger partial charge in [0.1, 0.15) is 6.10 Å². The van der Waals surface area contributed by atoms with Crippen LogP contribution >= 0.6 is 0 Å². The molecule has 0 spiro atoms. The maximum atomic E-state index is 10.2. The van der Waals surface area contributed by atoms with Crippen molar-refractivity contribution in [2.45, 2.75) is 58.0 Å². The van der Waals surface area contributed by atoms with Gasteiger partial charge in [-0.05, 0) is 35.8 Å². The van der Waals surface area contributed by atoms with Gasteiger partial charge < -0.3 is 9.84 Å². The number of aliphatic hydroxyl groups excluding tert-OH is 1. The number of hydrogen-bond donors (Lipinski definition) is 1. The Balaban J connectivity index is 1.74. The van der Waals surface area contributed by atoms with E-state index in [9.17, 15) is 5.11 Å². The summed E-state index contributed by atoms with van der Waals surface area (Å²) in [7, 11) is 0. The van der Waals surface area contributed by atoms with E-state index in [1.165, 1.54) is 37.7 Å². The monoisotopic (exact) mass is 276 g/mol. The molecular weight excluding hydrogens is 248 g/mol. The van der Waals surface area contributed by atoms with Crippen LogP contribution in [0.4, 0.5) is 0 Å². The lowest BCUT2D eigenvalue weighted by Crippen LogP contribution is -2.16. The topological polar surface area (TPSA) is 29.5 Å². The minimum atomic E-state index is -0.500. The van der Waals surface area contributed by atoms with Gasteiger partial charge in [0.2, 0.25) is 0 Å². The zero-order valence-corrected chi connectivity index (χ0v) is 12.8. The Kier molecular flexibility index (Phi) is 6.06. The predicted molar refractivity (Wildman–Crippen MR) is 82.9 cm³/mol. The summed E-state index contributed by atoms with van der Waals surface area (Å²) in [6.07, 6.45) is 6.14. The first kappa shape index (κ1) is 15.5. The number of hydrogen-bond acceptors (Lipinski definition) is 2. The van der Waals surface area contributed by atoms with Crippen LogP contribution in [0, 0.1) is 5.92 Å². The highest BCUT2D eigenvalue weighted by atomic mass is 16.5. The highest BCUT2D eigenvalue weighted by Gasteiger charge is 2.15. The van der Waals surface area contributed by atoms with Crippen LogP contribution < -0.4 is 0 Å². The Morgan fingerprint density at radius 1 is 1.05 bits per heavy atom. The fourth-order valence-corrected chi connectivity index (χ4v) is 2.90. The number of benzene rings is 1. The summed E-state index contributed by atoms with van der Waals surface area (Å²) in [6.45, 7) is 5.58. The van der Waals surface area contributed by atoms with Crippen LogP contribution in [0.5, 0.6) is 0 Å². The second-order valence-corrected chi connectivity index (χ2v) is 6.38. The SMILES string of the molecule is CC(C)c1ccc(C(O)COCC2CCCCC2)cc1. The molecule has 0 aromatic heterocycles. The first-order chi connectivity index (χ1) is 9.66. The van der Waals surface area contributed by atoms with Crippen LogP contribution in [0.3, 0.4) is 0 Å². The minimum Gasteiger partial charge on any atom is -0.386 e. The van der Waals surface area contributed by atoms with Gasteiger partial charge in [0.25, 0.3) is 0 Å². The van der Waals surface area contributed by atoms with Gasteiger partial charge in [-0.2, -0.15) is 0 Å². The molecule has 0 heterocycles. The lowest BCUT2D eigenvalue weighted by atomic mass is 9.90. The maximum Gasteiger partial charge on any atom is 0.102 e. The molecule has 1 unspecified atom stereocenters. The first-order valence-corrected chi connectivity index (χ1v) is 8.02. The summed E-state index contributed by atoms with van der Waals surface area (Å²) >= 11 is 0. The molecule has 0 aliphatic heterocycles. The van der Waals surface area contributed by atoms with E-state index in [1.54, 1.807) is 0 Å². The van der Waals surface area contributed by atoms with E-state index in [0.717, 1.165) is 12.2 Å². The van der Waals surface area contributed by atoms with E-state index < -0.39 is 6.10 Å². The fraction of sp³-hybridized carbons (Fsp3) is 0.667. The average molecular weight is 276 g/mol. The van der Waals surface area contributed by atoms with Crippen molar-refractivity contribution in [2.75, 3.05) is 13.2 Å². The second kappa shape index (κ2) is 7.80. The average Bonchev–Trinajstić information content (AvgIpc) is 2.48. The summed E-state index contributed by atoms with van der Waals surface area (Å²) in [4.78, 5) is 0. The van der Waals surface area contributed by atoms with Gasteiger partial charge in [-0.15, -0.1) is 0 Å². The van der Waals surface area contributed by atoms with Crippen molar-refractivity contribution < 1.29 is 9.84 Å². The van der Waals surface area contributed by atoms with Crippen molar-refractivity contribution in [1.82, 2.24) is 0 Å². The standard InChI is InChI=1S/C18H28O2/c1-14(2)16-8-10-17(11-9-16)18(19)13-20-12-15-6-4-3-5-7-15/h8-11,14-15,18-19H,3-7,12-13H2,1-2H3. The molecule has 0 radical (unpaired) electrons. The minimum absolute atomic E-state index is 0.414. The van der Waals surface area contributed by atoms with Crippen molar-refractivity contribution >= 4 is 0 Å². The van der Waals surface area contributed by atoms with Gasteiger partial charge in [0, 0.05) is 6.61 Å². The van der Waals surface area contributed by atoms with Crippen molar-refractivity contribution in [2.24, 2.45) is 5.92 Å². The number of aliphatic hydroxyl groups is 1. The van der Waals surface area contributed by atoms with E-state index in [0.29, 0.717) is 18.4 Å². The van der Waals surface area contributed by atoms with Crippen LogP contribution in [-0.2, 0) is 4.74 Å². The lowest BCUT2D eigenvalue weighted by Gasteiger charge is -2.22. The van der Waals surface area contributed by atoms with Crippen molar-refractivity contribution in [3.05, 3.63) is 35.4 Å². The van der Waals surface area contributed by atoms with Gasteiger partial charge in [0.15, 0.2) is 0 Å². The molecule has 2 heteroatoms. The molecule has 20 heavy (non-hydrogen) atoms. The smallest absolute Gasteiger partial charge is 0.102 e. The van der Waals surface area contributed by atoms with E-state index in [1.807, 2.05) is 12.1 Å². The van der Waals surface area contributed by atoms with Crippen molar-refractivity contribution in [3.8, 4) is 0 Å². The molecule has 112 valence electrons. The summed E-state index contributed by atoms with van der Waals surface area (Å²) < 4.78 is 5.72. The Hall–Kier alpha value is -0.860. The third-order valence-electron chi connectivity index (χ3n) is 4.34. The summed E-state index contributed by atoms with van der Waals surface area (Å²) in [5, 5.41) is 10.2. The highest BCUT2D eigenvalue weighted by molar-refractivity contribution is 5.26. The summed E-state index contributed by atoms with van der Waals surface area (Å²) in [5.74, 6) is 1.24. The molecular formula is C18H28O2. The van der Waals surface area contributed by atoms with Crippen LogP contribution in [0.1, 0.15) is 69.1 Å². The van der Waals surface area contributed by atoms with E-state index in [4.69, 9.17) is 4.74 Å². The van der Waals surface area contributed by atoms with Gasteiger partial charge in [-0.25, -0.2) is 0 Å². The Bertz CT molecular complexity index is 377. The van der Waals surface area contributed by atoms with E-state index in [-0.39, 0.29) is 0 Å². The van der Waals surface area contributed by atoms with Crippen LogP contribution in [-0.4, -0.2) is 18.3 Å². The van der Waals surface area contributed by atoms with Gasteiger partial charge >= 0.3 is 0 Å². The number of ether oxygens (including phenoxy) is 1. The third kappa shape index (κ3) is 4.60. The number of rotatable bonds is 6. The molecule has 1 fully saturated rings. The molecule has 2 nitrogen and oxygen atoms in total. The molecule has 1 N–H and O–H groups in total. The van der Waals surface area contributed by atoms with E-state index >= 15 is 0 Å². The Morgan fingerprint density at radius 2 is 1.65 bits per heavy atom. The highest BCUT2D eigenvalue weighted by Crippen LogP contribution is 2.24. The molecule has 1 aromatic carbocycles. The molecule has 1 atom stereocenters. The van der Waals surface area contributed by atoms with Crippen molar-refractivity contribution in [1.29, 1.82) is 0 Å². The normalized spacial score (nSPS) is 18.4. The third-order valence-corrected chi connectivity index (χ3v) is 4.34. The quantitative estimate of drug-likeness (QED) is 0.832. The summed E-state index contributed by atoms with van der Waals surface area (Å²) in [5.41, 5.74) is 2.27. The van der Waals surface area contributed by atoms with Gasteiger partial charge in [0.05, 0.1) is 6.61 Å². The molecule has 0 saturated heterocycles. The van der Waals surface area contributed by atoms with E-state index in [2.05, 4.69) is 26.0 Å². The predicted octanol–water partition coefficient (Wildman–Crippen LogP) is 4.44. The van der Waals surface area contributed by atoms with Gasteiger partial charge in [-0.3, -0.25) is 0 Å².